The molecular formula is C93H127Cl2N17O23. The van der Waals surface area contributed by atoms with E-state index in [9.17, 15) is 88.0 Å². The molecule has 135 heavy (non-hydrogen) atoms. The number of nitrogens with zero attached hydrogens (tertiary/aromatic N) is 4. The van der Waals surface area contributed by atoms with E-state index < -0.39 is 147 Å². The molecular weight excluding hydrogens is 1790 g/mol. The Morgan fingerprint density at radius 2 is 0.748 bits per heavy atom. The molecule has 0 bridgehead atoms. The topological polar surface area (TPSA) is 640 Å². The molecule has 0 aliphatic heterocycles. The van der Waals surface area contributed by atoms with E-state index in [0.717, 1.165) is 27.8 Å². The summed E-state index contributed by atoms with van der Waals surface area (Å²) < 4.78 is 20.9. The quantitative estimate of drug-likeness (QED) is 0.00422. The van der Waals surface area contributed by atoms with Gasteiger partial charge in [0, 0.05) is 84.4 Å². The molecule has 0 saturated carbocycles. The fraction of sp³-hybridized carbons (Fsp3) is 0.462. The SMILES string of the molecule is CC(C)(C)OC(=O)NC(CCCN/C(N)=N\[N+](=O)[O-])C(=O)O.Cc1cc(O)cc(C)c1CC(CC(=O)C(CCCN/C(N)=N\[N+](=O)[O-])NC(=O)OC(C)(C)C)C(=O)N[C@@H](CCCCNC(=O)OCc1ccccc1Cl)C(=O)C[C@@H](Cc1ccccc1)C(N)=O.Cc1cc(O)cc(C)c1CC(N)C(=O)N[C@@H](CCCCNC(=O)OCc1ccccc1Cl)C(=O)C[C@@H](Cc1ccccc1)C(N)=O. The van der Waals surface area contributed by atoms with E-state index in [1.165, 1.54) is 12.1 Å². The zero-order valence-electron chi connectivity index (χ0n) is 77.5. The van der Waals surface area contributed by atoms with Crippen LogP contribution in [0.15, 0.2) is 144 Å². The number of ketones is 3. The Morgan fingerprint density at radius 3 is 1.11 bits per heavy atom. The fourth-order valence-electron chi connectivity index (χ4n) is 13.8. The van der Waals surface area contributed by atoms with Gasteiger partial charge in [0.25, 0.3) is 11.9 Å². The highest BCUT2D eigenvalue weighted by atomic mass is 35.5. The van der Waals surface area contributed by atoms with Crippen LogP contribution in [-0.4, -0.2) is 176 Å². The number of guanidine groups is 2. The van der Waals surface area contributed by atoms with E-state index in [1.807, 2.05) is 62.4 Å². The molecule has 8 atom stereocenters. The number of primary amides is 2. The number of aromatic hydroxyl groups is 2. The Balaban J connectivity index is 0.000000480. The number of carbonyl (C=O) groups excluding carboxylic acids is 11. The molecule has 0 fully saturated rings. The van der Waals surface area contributed by atoms with Crippen LogP contribution in [0, 0.1) is 65.7 Å². The van der Waals surface area contributed by atoms with Crippen molar-refractivity contribution in [2.45, 2.75) is 233 Å². The molecule has 0 spiro atoms. The maximum absolute atomic E-state index is 14.6. The molecule has 21 N–H and O–H groups in total. The van der Waals surface area contributed by atoms with Crippen LogP contribution in [0.1, 0.15) is 181 Å². The minimum absolute atomic E-state index is 0.00103. The number of hydrazone groups is 2. The Labute approximate surface area is 793 Å². The highest BCUT2D eigenvalue weighted by Crippen LogP contribution is 2.29. The lowest BCUT2D eigenvalue weighted by Crippen LogP contribution is -2.50. The molecule has 42 heteroatoms. The second kappa shape index (κ2) is 58.3. The number of halogens is 2. The average molecular weight is 1920 g/mol. The number of benzene rings is 6. The van der Waals surface area contributed by atoms with Crippen molar-refractivity contribution in [3.8, 4) is 11.5 Å². The van der Waals surface area contributed by atoms with Crippen LogP contribution in [0.4, 0.5) is 19.2 Å². The Morgan fingerprint density at radius 1 is 0.422 bits per heavy atom. The summed E-state index contributed by atoms with van der Waals surface area (Å²) in [6.07, 6.45) is -0.618. The van der Waals surface area contributed by atoms with Crippen molar-refractivity contribution in [2.75, 3.05) is 26.2 Å². The number of amides is 8. The lowest BCUT2D eigenvalue weighted by atomic mass is 9.86. The third kappa shape index (κ3) is 46.4. The Bertz CT molecular complexity index is 4990. The number of carboxylic acids is 1. The van der Waals surface area contributed by atoms with Crippen LogP contribution in [-0.2, 0) is 96.2 Å². The van der Waals surface area contributed by atoms with Crippen molar-refractivity contribution in [3.05, 3.63) is 219 Å². The third-order valence-corrected chi connectivity index (χ3v) is 21.3. The summed E-state index contributed by atoms with van der Waals surface area (Å²) in [6, 6.07) is 33.2. The predicted octanol–water partition coefficient (Wildman–Crippen LogP) is 9.69. The molecule has 6 aromatic carbocycles. The number of nitro groups is 2. The van der Waals surface area contributed by atoms with Crippen LogP contribution in [0.25, 0.3) is 0 Å². The summed E-state index contributed by atoms with van der Waals surface area (Å²) in [7, 11) is 0. The van der Waals surface area contributed by atoms with Crippen LogP contribution in [0.5, 0.6) is 11.5 Å². The number of aliphatic carboxylic acids is 1. The van der Waals surface area contributed by atoms with Gasteiger partial charge in [-0.2, -0.15) is 0 Å². The minimum atomic E-state index is -1.21. The van der Waals surface area contributed by atoms with Gasteiger partial charge in [0.05, 0.1) is 24.2 Å². The lowest BCUT2D eigenvalue weighted by Gasteiger charge is -2.26. The molecule has 0 saturated heterocycles. The zero-order valence-corrected chi connectivity index (χ0v) is 79.0. The summed E-state index contributed by atoms with van der Waals surface area (Å²) in [6.45, 7) is 17.7. The molecule has 0 heterocycles. The second-order valence-electron chi connectivity index (χ2n) is 34.0. The molecule has 4 unspecified atom stereocenters. The van der Waals surface area contributed by atoms with E-state index in [4.69, 9.17) is 75.9 Å². The average Bonchev–Trinajstić information content (AvgIpc) is 0.828. The first-order chi connectivity index (χ1) is 63.6. The molecule has 40 nitrogen and oxygen atoms in total. The normalized spacial score (nSPS) is 13.1. The van der Waals surface area contributed by atoms with Crippen LogP contribution < -0.4 is 71.2 Å². The number of phenols is 2. The maximum atomic E-state index is 14.6. The smallest absolute Gasteiger partial charge is 0.408 e. The van der Waals surface area contributed by atoms with E-state index >= 15 is 0 Å². The van der Waals surface area contributed by atoms with Gasteiger partial charge in [-0.25, -0.2) is 44.2 Å². The summed E-state index contributed by atoms with van der Waals surface area (Å²) in [4.78, 5) is 176. The van der Waals surface area contributed by atoms with Gasteiger partial charge in [-0.1, -0.05) is 120 Å². The molecule has 0 aromatic heterocycles. The third-order valence-electron chi connectivity index (χ3n) is 20.6. The number of nitrogens with one attached hydrogen (secondary N) is 8. The second-order valence-corrected chi connectivity index (χ2v) is 34.9. The van der Waals surface area contributed by atoms with Crippen molar-refractivity contribution in [1.82, 2.24) is 42.5 Å². The van der Waals surface area contributed by atoms with Gasteiger partial charge < -0.3 is 105 Å². The first-order valence-corrected chi connectivity index (χ1v) is 44.5. The number of Topliss-reactive ketones (excluding diaryl/α,β-unsaturated/α-hetero) is 3. The van der Waals surface area contributed by atoms with Gasteiger partial charge in [0.1, 0.15) is 52.2 Å². The maximum Gasteiger partial charge on any atom is 0.408 e. The number of carboxylic acid groups (broad SMARTS) is 1. The number of aryl methyl sites for hydroxylation is 4. The first-order valence-electron chi connectivity index (χ1n) is 43.7. The number of unbranched alkanes of at least 4 members (excludes halogenated alkanes) is 2. The number of ether oxygens (including phenoxy) is 4. The van der Waals surface area contributed by atoms with Gasteiger partial charge in [-0.05, 0) is 240 Å². The first kappa shape index (κ1) is 114. The van der Waals surface area contributed by atoms with E-state index in [1.54, 1.807) is 128 Å². The van der Waals surface area contributed by atoms with Crippen molar-refractivity contribution in [3.63, 3.8) is 0 Å². The van der Waals surface area contributed by atoms with Crippen LogP contribution >= 0.6 is 23.2 Å². The van der Waals surface area contributed by atoms with Crippen molar-refractivity contribution >= 4 is 106 Å². The standard InChI is InChI=1S/C47H63ClN8O11.C35H43ClN4O6.C11H21N5O6/c1-29-22-35(57)23-30(2)36(29)25-34(27-41(59)39(54-46(63)67-47(3,4)5)19-13-21-51-44(50)55-56(64)65)43(61)53-38(40(58)26-33(42(49)60)24-31-14-7-6-8-15-31)18-11-12-20-52-45(62)66-28-32-16-9-10-17-37(32)48;1-22-16-27(41)17-23(2)28(22)20-30(37)34(44)40-31(32(42)19-26(33(38)43)18-24-10-4-3-5-11-24)14-8-9-15-39-35(45)46-21-25-12-6-7-13-29(25)36;1-11(2,3)22-10(19)14-7(8(17)18)5-4-6-13-9(12)15-16(20)21/h6-10,14-17,22-23,33-34,38-39,57H,11-13,18-21,24-28H2,1-5H3,(H2,49,60)(H,52,62)(H,53,61)(H,54,63)(H3,50,51,55);3-7,10-13,16-17,26,30-31,41H,8-9,14-15,18-21,37H2,1-2H3,(H2,38,43)(H,39,45)(H,40,44);7H,4-6H2,1-3H3,(H,14,19)(H,17,18)(H3,12,13,15)/t33-,34?,38+,39?;26-,30?,31+;/m11./s1. The van der Waals surface area contributed by atoms with Crippen LogP contribution in [0.2, 0.25) is 10.0 Å². The Hall–Kier alpha value is -13.8. The highest BCUT2D eigenvalue weighted by molar-refractivity contribution is 6.31. The van der Waals surface area contributed by atoms with Gasteiger partial charge in [-0.15, -0.1) is 0 Å². The van der Waals surface area contributed by atoms with Gasteiger partial charge in [-0.3, -0.25) is 33.6 Å². The largest absolute Gasteiger partial charge is 0.508 e. The number of phenolic OH excluding ortho intramolecular Hbond substituents is 2. The molecule has 0 aliphatic rings. The predicted molar refractivity (Wildman–Crippen MR) is 505 cm³/mol. The number of nitrogens with two attached hydrogens (primary N) is 5. The molecule has 6 rings (SSSR count). The molecule has 6 aromatic rings. The summed E-state index contributed by atoms with van der Waals surface area (Å²) >= 11 is 12.3. The molecule has 8 amide bonds. The highest BCUT2D eigenvalue weighted by Gasteiger charge is 2.35. The minimum Gasteiger partial charge on any atom is -0.508 e. The monoisotopic (exact) mass is 1920 g/mol. The van der Waals surface area contributed by atoms with E-state index in [-0.39, 0.29) is 127 Å². The fourth-order valence-corrected chi connectivity index (χ4v) is 14.2. The lowest BCUT2D eigenvalue weighted by molar-refractivity contribution is -0.485. The Kier molecular flexibility index (Phi) is 49.0. The van der Waals surface area contributed by atoms with Gasteiger partial charge >= 0.3 is 30.3 Å². The van der Waals surface area contributed by atoms with E-state index in [0.29, 0.717) is 76.4 Å². The van der Waals surface area contributed by atoms with Crippen molar-refractivity contribution in [1.29, 1.82) is 0 Å². The number of rotatable bonds is 50. The van der Waals surface area contributed by atoms with Crippen molar-refractivity contribution in [2.24, 2.45) is 56.6 Å². The molecule has 0 radical (unpaired) electrons. The number of carbonyl (C=O) groups is 12. The van der Waals surface area contributed by atoms with Gasteiger partial charge in [0.2, 0.25) is 23.6 Å². The number of hydrogen-bond donors (Lipinski definition) is 16. The number of hydrogen-bond acceptors (Lipinski definition) is 23. The summed E-state index contributed by atoms with van der Waals surface area (Å²) in [5.74, 6) is -8.53. The molecule has 736 valence electrons. The summed E-state index contributed by atoms with van der Waals surface area (Å²) in [5, 5.41) is 75.6. The zero-order chi connectivity index (χ0) is 101. The number of alkyl carbamates (subject to hydrolysis) is 4. The molecule has 0 aliphatic carbocycles. The van der Waals surface area contributed by atoms with Crippen LogP contribution in [0.3, 0.4) is 0 Å². The summed E-state index contributed by atoms with van der Waals surface area (Å²) in [5.41, 5.74) is 34.2. The van der Waals surface area contributed by atoms with E-state index in [2.05, 4.69) is 52.7 Å². The van der Waals surface area contributed by atoms with Gasteiger partial charge in [0.15, 0.2) is 27.4 Å². The van der Waals surface area contributed by atoms with Crippen molar-refractivity contribution < 1.29 is 102 Å².